The largest absolute Gasteiger partial charge is 0.481 e. The Hall–Kier alpha value is -3.54. The Balaban J connectivity index is 2.34. The van der Waals surface area contributed by atoms with E-state index < -0.39 is 47.5 Å². The van der Waals surface area contributed by atoms with Crippen molar-refractivity contribution in [1.82, 2.24) is 0 Å². The lowest BCUT2D eigenvalue weighted by atomic mass is 9.78. The number of carbonyl (C=O) groups is 4. The van der Waals surface area contributed by atoms with Crippen molar-refractivity contribution in [3.05, 3.63) is 59.8 Å². The van der Waals surface area contributed by atoms with Crippen LogP contribution in [-0.2, 0) is 33.4 Å². The average Bonchev–Trinajstić information content (AvgIpc) is 3.04. The first-order valence-electron chi connectivity index (χ1n) is 17.4. The van der Waals surface area contributed by atoms with Crippen LogP contribution >= 0.6 is 0 Å². The van der Waals surface area contributed by atoms with Gasteiger partial charge in [-0.15, -0.1) is 0 Å². The second-order valence-electron chi connectivity index (χ2n) is 13.5. The molecule has 4 N–H and O–H groups in total. The Morgan fingerprint density at radius 2 is 1.63 bits per heavy atom. The van der Waals surface area contributed by atoms with Crippen molar-refractivity contribution in [2.75, 3.05) is 0 Å². The molecule has 2 aliphatic heterocycles. The minimum atomic E-state index is -1.09. The van der Waals surface area contributed by atoms with Crippen LogP contribution in [0, 0.1) is 11.8 Å². The molecule has 0 amide bonds. The number of carboxylic acid groups (broad SMARTS) is 3. The fourth-order valence-electron chi connectivity index (χ4n) is 6.18. The number of aliphatic carboxylic acids is 3. The minimum Gasteiger partial charge on any atom is -0.481 e. The van der Waals surface area contributed by atoms with Gasteiger partial charge < -0.3 is 34.6 Å². The van der Waals surface area contributed by atoms with Crippen LogP contribution in [0.3, 0.4) is 0 Å². The van der Waals surface area contributed by atoms with Gasteiger partial charge in [0.05, 0.1) is 25.0 Å². The summed E-state index contributed by atoms with van der Waals surface area (Å²) in [5, 5.41) is 37.6. The molecule has 2 heterocycles. The number of carbonyl (C=O) groups excluding carboxylic acids is 1. The Kier molecular flexibility index (Phi) is 17.2. The lowest BCUT2D eigenvalue weighted by Crippen LogP contribution is -2.59. The summed E-state index contributed by atoms with van der Waals surface area (Å²) in [5.41, 5.74) is 0.319. The van der Waals surface area contributed by atoms with Crippen LogP contribution in [0.15, 0.2) is 59.8 Å². The van der Waals surface area contributed by atoms with Crippen molar-refractivity contribution in [2.24, 2.45) is 11.8 Å². The molecule has 0 radical (unpaired) electrons. The highest BCUT2D eigenvalue weighted by atomic mass is 16.7. The van der Waals surface area contributed by atoms with E-state index in [9.17, 15) is 29.4 Å². The van der Waals surface area contributed by atoms with E-state index in [4.69, 9.17) is 24.4 Å². The summed E-state index contributed by atoms with van der Waals surface area (Å²) in [5.74, 6) is -4.97. The van der Waals surface area contributed by atoms with Crippen LogP contribution in [0.25, 0.3) is 0 Å². The summed E-state index contributed by atoms with van der Waals surface area (Å²) in [4.78, 5) is 46.3. The summed E-state index contributed by atoms with van der Waals surface area (Å²) in [6.45, 7) is 9.54. The van der Waals surface area contributed by atoms with Crippen LogP contribution in [0.2, 0.25) is 0 Å². The van der Waals surface area contributed by atoms with Gasteiger partial charge in [-0.1, -0.05) is 82.1 Å². The van der Waals surface area contributed by atoms with Gasteiger partial charge in [-0.3, -0.25) is 9.59 Å². The number of rotatable bonds is 19. The van der Waals surface area contributed by atoms with Crippen LogP contribution in [-0.4, -0.2) is 74.0 Å². The molecule has 0 saturated carbocycles. The second kappa shape index (κ2) is 20.2. The Bertz CT molecular complexity index is 1280. The van der Waals surface area contributed by atoms with Crippen molar-refractivity contribution < 1.29 is 53.8 Å². The van der Waals surface area contributed by atoms with E-state index in [1.165, 1.54) is 6.08 Å². The van der Waals surface area contributed by atoms with Gasteiger partial charge in [-0.25, -0.2) is 9.59 Å². The molecular weight excluding hydrogens is 632 g/mol. The molecule has 0 aliphatic carbocycles. The zero-order valence-electron chi connectivity index (χ0n) is 29.6. The standard InChI is InChI=1S/C38H56O11/c1-6-7-8-9-21-37(49-36(46)19-18-34(42)43)23-24-38(48-32(37)16-12-27(3)25-35(44)45)22-20-29(5)31(47-38)15-11-26(2)10-14-30(39)28(4)13-17-33(40)41/h10-14,16-17,25,28-32,39H,6-9,15,18-24H2,1-5H3,(H,40,41)(H,42,43)(H,44,45). The number of aliphatic hydroxyl groups excluding tert-OH is 1. The predicted molar refractivity (Wildman–Crippen MR) is 185 cm³/mol. The van der Waals surface area contributed by atoms with Crippen LogP contribution < -0.4 is 0 Å². The summed E-state index contributed by atoms with van der Waals surface area (Å²) in [7, 11) is 0. The van der Waals surface area contributed by atoms with Crippen LogP contribution in [0.1, 0.15) is 112 Å². The van der Waals surface area contributed by atoms with Gasteiger partial charge in [0.1, 0.15) is 11.7 Å². The number of ether oxygens (including phenoxy) is 3. The Morgan fingerprint density at radius 1 is 0.898 bits per heavy atom. The van der Waals surface area contributed by atoms with Gasteiger partial charge in [0.15, 0.2) is 5.79 Å². The van der Waals surface area contributed by atoms with E-state index in [1.54, 1.807) is 38.2 Å². The fraction of sp³-hybridized carbons (Fsp3) is 0.632. The quantitative estimate of drug-likeness (QED) is 0.0480. The van der Waals surface area contributed by atoms with Crippen molar-refractivity contribution in [3.8, 4) is 0 Å². The number of hydrogen-bond donors (Lipinski definition) is 4. The first kappa shape index (κ1) is 41.6. The summed E-state index contributed by atoms with van der Waals surface area (Å²) >= 11 is 0. The van der Waals surface area contributed by atoms with E-state index in [1.807, 2.05) is 13.0 Å². The molecular formula is C38H56O11. The van der Waals surface area contributed by atoms with Crippen molar-refractivity contribution in [1.29, 1.82) is 0 Å². The van der Waals surface area contributed by atoms with Gasteiger partial charge in [0.2, 0.25) is 0 Å². The highest BCUT2D eigenvalue weighted by Crippen LogP contribution is 2.48. The smallest absolute Gasteiger partial charge is 0.328 e. The number of unbranched alkanes of at least 4 members (excludes halogenated alkanes) is 3. The molecule has 0 bridgehead atoms. The molecule has 11 nitrogen and oxygen atoms in total. The SMILES string of the molecule is CCCCCCC1(OC(=O)CCC(=O)O)CCC2(CCC(C)C(CC=C(C)C=CC(O)C(C)C=CC(=O)O)O2)OC1C=CC(C)=CC(=O)O. The van der Waals surface area contributed by atoms with Gasteiger partial charge in [-0.2, -0.15) is 0 Å². The number of allylic oxidation sites excluding steroid dienone is 4. The highest BCUT2D eigenvalue weighted by Gasteiger charge is 2.54. The topological polar surface area (TPSA) is 177 Å². The molecule has 1 spiro atoms. The normalized spacial score (nSPS) is 27.9. The second-order valence-corrected chi connectivity index (χ2v) is 13.5. The maximum Gasteiger partial charge on any atom is 0.328 e. The molecule has 2 aliphatic rings. The first-order chi connectivity index (χ1) is 23.1. The lowest BCUT2D eigenvalue weighted by Gasteiger charge is -2.53. The van der Waals surface area contributed by atoms with E-state index >= 15 is 0 Å². The van der Waals surface area contributed by atoms with Crippen molar-refractivity contribution >= 4 is 23.9 Å². The minimum absolute atomic E-state index is 0.187. The Labute approximate surface area is 290 Å². The van der Waals surface area contributed by atoms with Crippen LogP contribution in [0.5, 0.6) is 0 Å². The predicted octanol–water partition coefficient (Wildman–Crippen LogP) is 6.91. The molecule has 7 atom stereocenters. The van der Waals surface area contributed by atoms with Crippen molar-refractivity contribution in [2.45, 2.75) is 141 Å². The zero-order chi connectivity index (χ0) is 36.6. The first-order valence-corrected chi connectivity index (χ1v) is 17.4. The molecule has 11 heteroatoms. The summed E-state index contributed by atoms with van der Waals surface area (Å²) < 4.78 is 19.7. The van der Waals surface area contributed by atoms with E-state index in [2.05, 4.69) is 13.8 Å². The number of esters is 1. The van der Waals surface area contributed by atoms with Gasteiger partial charge in [0.25, 0.3) is 0 Å². The fourth-order valence-corrected chi connectivity index (χ4v) is 6.18. The zero-order valence-corrected chi connectivity index (χ0v) is 29.6. The van der Waals surface area contributed by atoms with Gasteiger partial charge in [-0.05, 0) is 57.4 Å². The van der Waals surface area contributed by atoms with E-state index in [-0.39, 0.29) is 30.8 Å². The molecule has 0 aromatic carbocycles. The number of hydrogen-bond acceptors (Lipinski definition) is 8. The average molecular weight is 689 g/mol. The number of carboxylic acids is 3. The monoisotopic (exact) mass is 688 g/mol. The van der Waals surface area contributed by atoms with Gasteiger partial charge >= 0.3 is 23.9 Å². The van der Waals surface area contributed by atoms with Gasteiger partial charge in [0, 0.05) is 30.9 Å². The summed E-state index contributed by atoms with van der Waals surface area (Å²) in [6, 6.07) is 0. The van der Waals surface area contributed by atoms with Crippen LogP contribution in [0.4, 0.5) is 0 Å². The highest BCUT2D eigenvalue weighted by molar-refractivity contribution is 5.81. The van der Waals surface area contributed by atoms with E-state index in [0.717, 1.165) is 49.8 Å². The molecule has 0 aromatic rings. The molecule has 7 unspecified atom stereocenters. The maximum atomic E-state index is 13.0. The molecule has 2 fully saturated rings. The third kappa shape index (κ3) is 14.5. The third-order valence-corrected chi connectivity index (χ3v) is 9.28. The molecule has 274 valence electrons. The summed E-state index contributed by atoms with van der Waals surface area (Å²) in [6.07, 6.45) is 17.2. The molecule has 0 aromatic heterocycles. The van der Waals surface area contributed by atoms with E-state index in [0.29, 0.717) is 37.7 Å². The van der Waals surface area contributed by atoms with Crippen molar-refractivity contribution in [3.63, 3.8) is 0 Å². The lowest BCUT2D eigenvalue weighted by molar-refractivity contribution is -0.344. The molecule has 49 heavy (non-hydrogen) atoms. The number of aliphatic hydroxyl groups is 1. The molecule has 2 saturated heterocycles. The Morgan fingerprint density at radius 3 is 2.29 bits per heavy atom. The third-order valence-electron chi connectivity index (χ3n) is 9.28. The molecule has 2 rings (SSSR count). The maximum absolute atomic E-state index is 13.0.